The van der Waals surface area contributed by atoms with E-state index in [9.17, 15) is 14.0 Å². The summed E-state index contributed by atoms with van der Waals surface area (Å²) in [5.41, 5.74) is 1.93. The summed E-state index contributed by atoms with van der Waals surface area (Å²) in [4.78, 5) is 27.3. The SMILES string of the molecule is C[C@H]1Sc2ccc(C(=O)NC[C@@H](c3cccc(F)c3)N(C)C)cc2NC1=O. The first-order chi connectivity index (χ1) is 12.8. The van der Waals surface area contributed by atoms with Crippen LogP contribution in [0.25, 0.3) is 0 Å². The lowest BCUT2D eigenvalue weighted by Crippen LogP contribution is -2.34. The Labute approximate surface area is 162 Å². The van der Waals surface area contributed by atoms with Crippen LogP contribution < -0.4 is 10.6 Å². The first-order valence-electron chi connectivity index (χ1n) is 8.67. The van der Waals surface area contributed by atoms with Gasteiger partial charge in [0.1, 0.15) is 5.82 Å². The molecular formula is C20H22FN3O2S. The van der Waals surface area contributed by atoms with Crippen molar-refractivity contribution in [2.24, 2.45) is 0 Å². The maximum Gasteiger partial charge on any atom is 0.251 e. The summed E-state index contributed by atoms with van der Waals surface area (Å²) in [5.74, 6) is -0.606. The summed E-state index contributed by atoms with van der Waals surface area (Å²) < 4.78 is 13.5. The van der Waals surface area contributed by atoms with Crippen LogP contribution in [0.1, 0.15) is 28.9 Å². The molecule has 2 aromatic carbocycles. The van der Waals surface area contributed by atoms with Gasteiger partial charge in [-0.25, -0.2) is 4.39 Å². The zero-order valence-electron chi connectivity index (χ0n) is 15.5. The van der Waals surface area contributed by atoms with Gasteiger partial charge in [0.25, 0.3) is 5.91 Å². The molecule has 0 radical (unpaired) electrons. The van der Waals surface area contributed by atoms with Gasteiger partial charge in [-0.2, -0.15) is 0 Å². The molecule has 142 valence electrons. The van der Waals surface area contributed by atoms with E-state index >= 15 is 0 Å². The molecular weight excluding hydrogens is 365 g/mol. The average Bonchev–Trinajstić information content (AvgIpc) is 2.62. The fourth-order valence-corrected chi connectivity index (χ4v) is 3.88. The molecule has 3 rings (SSSR count). The Kier molecular flexibility index (Phi) is 5.82. The first-order valence-corrected chi connectivity index (χ1v) is 9.55. The summed E-state index contributed by atoms with van der Waals surface area (Å²) in [6.07, 6.45) is 0. The highest BCUT2D eigenvalue weighted by Crippen LogP contribution is 2.35. The summed E-state index contributed by atoms with van der Waals surface area (Å²) in [6.45, 7) is 2.18. The van der Waals surface area contributed by atoms with Crippen molar-refractivity contribution in [3.05, 3.63) is 59.4 Å². The monoisotopic (exact) mass is 387 g/mol. The normalized spacial score (nSPS) is 17.2. The van der Waals surface area contributed by atoms with Crippen molar-refractivity contribution in [1.82, 2.24) is 10.2 Å². The van der Waals surface area contributed by atoms with Crippen molar-refractivity contribution in [2.45, 2.75) is 23.1 Å². The average molecular weight is 387 g/mol. The molecule has 0 bridgehead atoms. The molecule has 1 aliphatic rings. The highest BCUT2D eigenvalue weighted by molar-refractivity contribution is 8.00. The van der Waals surface area contributed by atoms with Gasteiger partial charge in [-0.3, -0.25) is 9.59 Å². The second-order valence-corrected chi connectivity index (χ2v) is 8.09. The number of amides is 2. The van der Waals surface area contributed by atoms with Crippen LogP contribution in [0.15, 0.2) is 47.4 Å². The number of carbonyl (C=O) groups is 2. The Hall–Kier alpha value is -2.38. The quantitative estimate of drug-likeness (QED) is 0.827. The highest BCUT2D eigenvalue weighted by atomic mass is 32.2. The highest BCUT2D eigenvalue weighted by Gasteiger charge is 2.24. The summed E-state index contributed by atoms with van der Waals surface area (Å²) in [5, 5.41) is 5.58. The minimum atomic E-state index is -0.303. The van der Waals surface area contributed by atoms with Crippen LogP contribution in [0.4, 0.5) is 10.1 Å². The van der Waals surface area contributed by atoms with E-state index in [0.29, 0.717) is 17.8 Å². The molecule has 1 aliphatic heterocycles. The van der Waals surface area contributed by atoms with Crippen molar-refractivity contribution in [3.63, 3.8) is 0 Å². The molecule has 2 aromatic rings. The number of nitrogens with one attached hydrogen (secondary N) is 2. The van der Waals surface area contributed by atoms with Crippen molar-refractivity contribution in [3.8, 4) is 0 Å². The van der Waals surface area contributed by atoms with Crippen molar-refractivity contribution >= 4 is 29.3 Å². The van der Waals surface area contributed by atoms with Crippen LogP contribution in [0, 0.1) is 5.82 Å². The number of hydrogen-bond donors (Lipinski definition) is 2. The van der Waals surface area contributed by atoms with E-state index in [1.54, 1.807) is 18.2 Å². The second-order valence-electron chi connectivity index (χ2n) is 6.70. The Morgan fingerprint density at radius 2 is 2.07 bits per heavy atom. The molecule has 0 saturated carbocycles. The third kappa shape index (κ3) is 4.48. The predicted molar refractivity (Wildman–Crippen MR) is 106 cm³/mol. The van der Waals surface area contributed by atoms with Crippen molar-refractivity contribution in [1.29, 1.82) is 0 Å². The topological polar surface area (TPSA) is 61.4 Å². The predicted octanol–water partition coefficient (Wildman–Crippen LogP) is 3.29. The van der Waals surface area contributed by atoms with Crippen molar-refractivity contribution < 1.29 is 14.0 Å². The fourth-order valence-electron chi connectivity index (χ4n) is 2.95. The molecule has 2 atom stereocenters. The zero-order chi connectivity index (χ0) is 19.6. The number of nitrogens with zero attached hydrogens (tertiary/aromatic N) is 1. The van der Waals surface area contributed by atoms with Gasteiger partial charge in [0.2, 0.25) is 5.91 Å². The standard InChI is InChI=1S/C20H22FN3O2S/c1-12-19(25)23-16-10-14(7-8-18(16)27-12)20(26)22-11-17(24(2)3)13-5-4-6-15(21)9-13/h4-10,12,17H,11H2,1-3H3,(H,22,26)(H,23,25)/t12-,17+/m1/s1. The molecule has 0 spiro atoms. The molecule has 7 heteroatoms. The molecule has 0 unspecified atom stereocenters. The molecule has 1 heterocycles. The van der Waals surface area contributed by atoms with Gasteiger partial charge in [0.15, 0.2) is 0 Å². The van der Waals surface area contributed by atoms with Crippen LogP contribution in [-0.4, -0.2) is 42.6 Å². The third-order valence-corrected chi connectivity index (χ3v) is 5.66. The molecule has 0 aromatic heterocycles. The Morgan fingerprint density at radius 3 is 2.78 bits per heavy atom. The van der Waals surface area contributed by atoms with Gasteiger partial charge < -0.3 is 15.5 Å². The van der Waals surface area contributed by atoms with Gasteiger partial charge in [0, 0.05) is 17.0 Å². The molecule has 0 aliphatic carbocycles. The molecule has 2 amide bonds. The summed E-state index contributed by atoms with van der Waals surface area (Å²) in [6, 6.07) is 11.5. The van der Waals surface area contributed by atoms with Gasteiger partial charge in [-0.15, -0.1) is 11.8 Å². The molecule has 0 fully saturated rings. The molecule has 2 N–H and O–H groups in total. The maximum absolute atomic E-state index is 13.5. The minimum absolute atomic E-state index is 0.0659. The molecule has 5 nitrogen and oxygen atoms in total. The molecule has 0 saturated heterocycles. The van der Waals surface area contributed by atoms with Crippen LogP contribution >= 0.6 is 11.8 Å². The number of benzene rings is 2. The van der Waals surface area contributed by atoms with E-state index in [1.807, 2.05) is 38.1 Å². The number of rotatable bonds is 5. The van der Waals surface area contributed by atoms with Crippen LogP contribution in [0.5, 0.6) is 0 Å². The Morgan fingerprint density at radius 1 is 1.30 bits per heavy atom. The number of hydrogen-bond acceptors (Lipinski definition) is 4. The lowest BCUT2D eigenvalue weighted by Gasteiger charge is -2.25. The van der Waals surface area contributed by atoms with Crippen LogP contribution in [0.3, 0.4) is 0 Å². The van der Waals surface area contributed by atoms with Gasteiger partial charge in [-0.05, 0) is 56.9 Å². The number of likely N-dealkylation sites (N-methyl/N-ethyl adjacent to an activating group) is 1. The van der Waals surface area contributed by atoms with E-state index < -0.39 is 0 Å². The summed E-state index contributed by atoms with van der Waals surface area (Å²) >= 11 is 1.48. The Balaban J connectivity index is 1.71. The smallest absolute Gasteiger partial charge is 0.251 e. The number of thioether (sulfide) groups is 1. The second kappa shape index (κ2) is 8.10. The lowest BCUT2D eigenvalue weighted by atomic mass is 10.1. The maximum atomic E-state index is 13.5. The van der Waals surface area contributed by atoms with Crippen LogP contribution in [0.2, 0.25) is 0 Å². The van der Waals surface area contributed by atoms with E-state index in [0.717, 1.165) is 10.5 Å². The van der Waals surface area contributed by atoms with E-state index in [2.05, 4.69) is 10.6 Å². The van der Waals surface area contributed by atoms with Gasteiger partial charge >= 0.3 is 0 Å². The van der Waals surface area contributed by atoms with Crippen LogP contribution in [-0.2, 0) is 4.79 Å². The first kappa shape index (κ1) is 19.4. The fraction of sp³-hybridized carbons (Fsp3) is 0.300. The number of halogens is 1. The number of anilines is 1. The zero-order valence-corrected chi connectivity index (χ0v) is 16.3. The van der Waals surface area contributed by atoms with E-state index in [4.69, 9.17) is 0 Å². The summed E-state index contributed by atoms with van der Waals surface area (Å²) in [7, 11) is 3.77. The minimum Gasteiger partial charge on any atom is -0.350 e. The van der Waals surface area contributed by atoms with Gasteiger partial charge in [-0.1, -0.05) is 12.1 Å². The lowest BCUT2D eigenvalue weighted by molar-refractivity contribution is -0.115. The van der Waals surface area contributed by atoms with Gasteiger partial charge in [0.05, 0.1) is 17.0 Å². The molecule has 27 heavy (non-hydrogen) atoms. The number of carbonyl (C=O) groups excluding carboxylic acids is 2. The largest absolute Gasteiger partial charge is 0.350 e. The Bertz CT molecular complexity index is 872. The number of fused-ring (bicyclic) bond motifs is 1. The van der Waals surface area contributed by atoms with E-state index in [1.165, 1.54) is 23.9 Å². The van der Waals surface area contributed by atoms with E-state index in [-0.39, 0.29) is 28.9 Å². The van der Waals surface area contributed by atoms with Crippen molar-refractivity contribution in [2.75, 3.05) is 26.0 Å². The third-order valence-electron chi connectivity index (χ3n) is 4.49.